The summed E-state index contributed by atoms with van der Waals surface area (Å²) in [6, 6.07) is 9.96. The molecule has 0 aliphatic heterocycles. The summed E-state index contributed by atoms with van der Waals surface area (Å²) in [7, 11) is 0. The minimum atomic E-state index is -0.498. The number of nitrogens with zero attached hydrogens (tertiary/aromatic N) is 1. The van der Waals surface area contributed by atoms with Crippen molar-refractivity contribution in [2.75, 3.05) is 33.0 Å². The number of rotatable bonds is 12. The van der Waals surface area contributed by atoms with Gasteiger partial charge in [0, 0.05) is 5.56 Å². The lowest BCUT2D eigenvalue weighted by atomic mass is 10.1. The van der Waals surface area contributed by atoms with Gasteiger partial charge < -0.3 is 32.1 Å². The van der Waals surface area contributed by atoms with E-state index in [9.17, 15) is 10.2 Å². The standard InChI is InChI=1S/C18H30NO4.ClH/c1-4-12-19(17(14-20)22-5-2,18(15-21)23-6-3)13-16-10-8-7-9-11-16;/h4,7-11,17-18,20-21H,1,5-6,12-15H2,2-3H3;1H/q+1;/p-1. The Morgan fingerprint density at radius 3 is 1.92 bits per heavy atom. The van der Waals surface area contributed by atoms with E-state index < -0.39 is 12.5 Å². The predicted octanol–water partition coefficient (Wildman–Crippen LogP) is -1.10. The molecule has 0 saturated heterocycles. The van der Waals surface area contributed by atoms with Crippen molar-refractivity contribution >= 4 is 0 Å². The Hall–Kier alpha value is -0.950. The zero-order chi connectivity index (χ0) is 17.1. The summed E-state index contributed by atoms with van der Waals surface area (Å²) in [6.45, 7) is 9.36. The molecule has 6 heteroatoms. The van der Waals surface area contributed by atoms with Crippen LogP contribution < -0.4 is 12.4 Å². The fraction of sp³-hybridized carbons (Fsp3) is 0.556. The van der Waals surface area contributed by atoms with E-state index in [0.29, 0.717) is 26.3 Å². The van der Waals surface area contributed by atoms with Crippen molar-refractivity contribution in [3.8, 4) is 0 Å². The van der Waals surface area contributed by atoms with Gasteiger partial charge in [0.1, 0.15) is 26.3 Å². The van der Waals surface area contributed by atoms with Crippen molar-refractivity contribution in [3.05, 3.63) is 48.6 Å². The third kappa shape index (κ3) is 5.84. The summed E-state index contributed by atoms with van der Waals surface area (Å²) in [6.07, 6.45) is 0.788. The molecule has 1 aromatic rings. The summed E-state index contributed by atoms with van der Waals surface area (Å²) in [5.41, 5.74) is 1.09. The third-order valence-electron chi connectivity index (χ3n) is 3.97. The number of aliphatic hydroxyl groups excluding tert-OH is 2. The highest BCUT2D eigenvalue weighted by Crippen LogP contribution is 2.26. The highest BCUT2D eigenvalue weighted by atomic mass is 35.5. The highest BCUT2D eigenvalue weighted by molar-refractivity contribution is 5.13. The Bertz CT molecular complexity index is 430. The van der Waals surface area contributed by atoms with Crippen LogP contribution in [0.4, 0.5) is 0 Å². The van der Waals surface area contributed by atoms with Crippen LogP contribution in [0.15, 0.2) is 43.0 Å². The van der Waals surface area contributed by atoms with Crippen LogP contribution in [0.3, 0.4) is 0 Å². The molecule has 2 atom stereocenters. The molecule has 0 aliphatic rings. The van der Waals surface area contributed by atoms with Crippen LogP contribution in [0.25, 0.3) is 0 Å². The first kappa shape index (κ1) is 23.1. The SMILES string of the molecule is C=CC[N+](Cc1ccccc1)(C(CO)OCC)C(CO)OCC.[Cl-]. The maximum atomic E-state index is 9.90. The molecule has 2 N–H and O–H groups in total. The summed E-state index contributed by atoms with van der Waals surface area (Å²) < 4.78 is 11.8. The molecule has 0 saturated carbocycles. The van der Waals surface area contributed by atoms with Crippen LogP contribution >= 0.6 is 0 Å². The number of quaternary nitrogens is 1. The Balaban J connectivity index is 0.00000529. The van der Waals surface area contributed by atoms with Crippen molar-refractivity contribution in [1.29, 1.82) is 0 Å². The number of benzene rings is 1. The van der Waals surface area contributed by atoms with E-state index in [1.165, 1.54) is 0 Å². The molecule has 0 amide bonds. The number of hydrogen-bond donors (Lipinski definition) is 2. The van der Waals surface area contributed by atoms with Gasteiger partial charge in [-0.2, -0.15) is 0 Å². The molecule has 1 rings (SSSR count). The summed E-state index contributed by atoms with van der Waals surface area (Å²) in [5.74, 6) is 0. The molecule has 0 radical (unpaired) electrons. The van der Waals surface area contributed by atoms with Crippen molar-refractivity contribution in [2.24, 2.45) is 0 Å². The van der Waals surface area contributed by atoms with E-state index in [1.807, 2.05) is 44.2 Å². The van der Waals surface area contributed by atoms with Gasteiger partial charge in [-0.15, -0.1) is 0 Å². The number of aliphatic hydroxyl groups is 2. The molecular formula is C18H30ClNO4. The second kappa shape index (κ2) is 12.4. The van der Waals surface area contributed by atoms with Gasteiger partial charge in [0.2, 0.25) is 12.5 Å². The highest BCUT2D eigenvalue weighted by Gasteiger charge is 2.44. The van der Waals surface area contributed by atoms with Crippen molar-refractivity contribution in [2.45, 2.75) is 32.8 Å². The molecule has 0 bridgehead atoms. The van der Waals surface area contributed by atoms with Crippen LogP contribution in [0.2, 0.25) is 0 Å². The summed E-state index contributed by atoms with van der Waals surface area (Å²) >= 11 is 0. The lowest BCUT2D eigenvalue weighted by molar-refractivity contribution is -1.02. The molecule has 138 valence electrons. The fourth-order valence-electron chi connectivity index (χ4n) is 2.96. The number of halogens is 1. The molecule has 24 heavy (non-hydrogen) atoms. The van der Waals surface area contributed by atoms with Gasteiger partial charge in [0.05, 0.1) is 13.2 Å². The fourth-order valence-corrected chi connectivity index (χ4v) is 2.96. The first-order chi connectivity index (χ1) is 11.2. The van der Waals surface area contributed by atoms with Crippen molar-refractivity contribution < 1.29 is 36.6 Å². The van der Waals surface area contributed by atoms with E-state index in [1.54, 1.807) is 6.08 Å². The van der Waals surface area contributed by atoms with E-state index >= 15 is 0 Å². The lowest BCUT2D eigenvalue weighted by Crippen LogP contribution is -3.00. The zero-order valence-electron chi connectivity index (χ0n) is 14.6. The Kier molecular flexibility index (Phi) is 11.9. The molecule has 0 spiro atoms. The minimum absolute atomic E-state index is 0. The maximum absolute atomic E-state index is 9.90. The molecule has 2 unspecified atom stereocenters. The van der Waals surface area contributed by atoms with Crippen LogP contribution in [-0.4, -0.2) is 60.1 Å². The minimum Gasteiger partial charge on any atom is -1.00 e. The molecule has 0 fully saturated rings. The lowest BCUT2D eigenvalue weighted by Gasteiger charge is -2.47. The normalized spacial score (nSPS) is 15.8. The van der Waals surface area contributed by atoms with E-state index in [0.717, 1.165) is 5.56 Å². The van der Waals surface area contributed by atoms with Crippen LogP contribution in [0.1, 0.15) is 19.4 Å². The van der Waals surface area contributed by atoms with Gasteiger partial charge in [0.15, 0.2) is 0 Å². The average Bonchev–Trinajstić information content (AvgIpc) is 2.58. The van der Waals surface area contributed by atoms with Crippen LogP contribution in [-0.2, 0) is 16.0 Å². The molecule has 0 aromatic heterocycles. The molecule has 0 aliphatic carbocycles. The van der Waals surface area contributed by atoms with Gasteiger partial charge in [-0.25, -0.2) is 0 Å². The Morgan fingerprint density at radius 2 is 1.54 bits per heavy atom. The van der Waals surface area contributed by atoms with E-state index in [4.69, 9.17) is 9.47 Å². The predicted molar refractivity (Wildman–Crippen MR) is 90.5 cm³/mol. The van der Waals surface area contributed by atoms with Crippen LogP contribution in [0, 0.1) is 0 Å². The Labute approximate surface area is 151 Å². The summed E-state index contributed by atoms with van der Waals surface area (Å²) in [4.78, 5) is 0. The zero-order valence-corrected chi connectivity index (χ0v) is 15.4. The Morgan fingerprint density at radius 1 is 1.04 bits per heavy atom. The monoisotopic (exact) mass is 359 g/mol. The van der Waals surface area contributed by atoms with Crippen molar-refractivity contribution in [3.63, 3.8) is 0 Å². The van der Waals surface area contributed by atoms with Crippen LogP contribution in [0.5, 0.6) is 0 Å². The first-order valence-electron chi connectivity index (χ1n) is 8.14. The smallest absolute Gasteiger partial charge is 0.219 e. The van der Waals surface area contributed by atoms with Crippen molar-refractivity contribution in [1.82, 2.24) is 0 Å². The van der Waals surface area contributed by atoms with Gasteiger partial charge in [-0.1, -0.05) is 36.9 Å². The number of ether oxygens (including phenoxy) is 2. The molecule has 5 nitrogen and oxygen atoms in total. The van der Waals surface area contributed by atoms with Gasteiger partial charge in [0.25, 0.3) is 0 Å². The second-order valence-corrected chi connectivity index (χ2v) is 5.40. The molecule has 0 heterocycles. The third-order valence-corrected chi connectivity index (χ3v) is 3.97. The average molecular weight is 360 g/mol. The second-order valence-electron chi connectivity index (χ2n) is 5.40. The van der Waals surface area contributed by atoms with Gasteiger partial charge in [-0.3, -0.25) is 4.48 Å². The first-order valence-corrected chi connectivity index (χ1v) is 8.14. The summed E-state index contributed by atoms with van der Waals surface area (Å²) in [5, 5.41) is 19.8. The quantitative estimate of drug-likeness (QED) is 0.283. The number of hydrogen-bond acceptors (Lipinski definition) is 4. The van der Waals surface area contributed by atoms with Gasteiger partial charge in [-0.05, 0) is 19.9 Å². The molecular weight excluding hydrogens is 330 g/mol. The van der Waals surface area contributed by atoms with Gasteiger partial charge >= 0.3 is 0 Å². The molecule has 1 aromatic carbocycles. The largest absolute Gasteiger partial charge is 1.00 e. The topological polar surface area (TPSA) is 58.9 Å². The van der Waals surface area contributed by atoms with E-state index in [2.05, 4.69) is 6.58 Å². The maximum Gasteiger partial charge on any atom is 0.219 e. The van der Waals surface area contributed by atoms with E-state index in [-0.39, 0.29) is 30.1 Å².